The zero-order valence-electron chi connectivity index (χ0n) is 18.9. The molecule has 1 amide bonds. The minimum absolute atomic E-state index is 0.0177. The molecule has 2 fully saturated rings. The molecule has 5 heteroatoms. The van der Waals surface area contributed by atoms with Crippen molar-refractivity contribution < 1.29 is 14.4 Å². The van der Waals surface area contributed by atoms with Gasteiger partial charge in [-0.05, 0) is 67.5 Å². The quantitative estimate of drug-likeness (QED) is 0.514. The number of amides is 1. The van der Waals surface area contributed by atoms with Crippen molar-refractivity contribution in [2.24, 2.45) is 21.4 Å². The van der Waals surface area contributed by atoms with E-state index in [1.165, 1.54) is 5.56 Å². The maximum Gasteiger partial charge on any atom is 0.365 e. The van der Waals surface area contributed by atoms with Gasteiger partial charge in [-0.3, -0.25) is 4.79 Å². The first kappa shape index (κ1) is 21.3. The number of nitrogens with one attached hydrogen (secondary N) is 1. The molecule has 2 atom stereocenters. The van der Waals surface area contributed by atoms with E-state index in [9.17, 15) is 9.59 Å². The van der Waals surface area contributed by atoms with Gasteiger partial charge in [0.1, 0.15) is 0 Å². The summed E-state index contributed by atoms with van der Waals surface area (Å²) in [7, 11) is 0. The predicted molar refractivity (Wildman–Crippen MR) is 122 cm³/mol. The van der Waals surface area contributed by atoms with Gasteiger partial charge in [0.2, 0.25) is 5.91 Å². The second kappa shape index (κ2) is 7.33. The van der Waals surface area contributed by atoms with Gasteiger partial charge in [0.25, 0.3) is 0 Å². The molecule has 0 saturated heterocycles. The van der Waals surface area contributed by atoms with Gasteiger partial charge in [-0.15, -0.1) is 0 Å². The first-order chi connectivity index (χ1) is 14.6. The number of fused-ring (bicyclic) bond motifs is 2. The summed E-state index contributed by atoms with van der Waals surface area (Å²) in [5.41, 5.74) is 3.20. The van der Waals surface area contributed by atoms with Crippen LogP contribution in [0.3, 0.4) is 0 Å². The summed E-state index contributed by atoms with van der Waals surface area (Å²) in [6.45, 7) is 10.5. The molecule has 162 valence electrons. The number of oxime groups is 1. The van der Waals surface area contributed by atoms with Gasteiger partial charge in [0.15, 0.2) is 0 Å². The number of hydrogen-bond donors (Lipinski definition) is 1. The standard InChI is InChI=1S/C26H30N2O3/c1-17-11-12-20(15-18(17)2)27-23(30)26-14-13-25(5,24(26,3)4)21(16-26)28-31-22(29)19-9-7-6-8-10-19/h6-12,15H,13-14,16H2,1-5H3,(H,27,30)/b28-21-. The zero-order valence-corrected chi connectivity index (χ0v) is 18.9. The molecule has 2 saturated carbocycles. The molecule has 0 radical (unpaired) electrons. The molecule has 0 heterocycles. The molecule has 2 aliphatic carbocycles. The predicted octanol–water partition coefficient (Wildman–Crippen LogP) is 5.67. The first-order valence-corrected chi connectivity index (χ1v) is 10.8. The lowest BCUT2D eigenvalue weighted by atomic mass is 9.64. The molecule has 0 aromatic heterocycles. The van der Waals surface area contributed by atoms with Crippen molar-refractivity contribution in [3.63, 3.8) is 0 Å². The van der Waals surface area contributed by atoms with Gasteiger partial charge in [-0.25, -0.2) is 4.79 Å². The lowest BCUT2D eigenvalue weighted by Gasteiger charge is -2.39. The number of rotatable bonds is 4. The Balaban J connectivity index is 1.59. The summed E-state index contributed by atoms with van der Waals surface area (Å²) >= 11 is 0. The van der Waals surface area contributed by atoms with Gasteiger partial charge in [0, 0.05) is 17.5 Å². The largest absolute Gasteiger partial charge is 0.365 e. The summed E-state index contributed by atoms with van der Waals surface area (Å²) in [5, 5.41) is 7.45. The lowest BCUT2D eigenvalue weighted by molar-refractivity contribution is -0.130. The highest BCUT2D eigenvalue weighted by Crippen LogP contribution is 2.71. The molecule has 2 aromatic carbocycles. The van der Waals surface area contributed by atoms with Crippen LogP contribution in [0.1, 0.15) is 61.5 Å². The third-order valence-electron chi connectivity index (χ3n) is 8.18. The molecule has 2 aliphatic rings. The molecule has 5 nitrogen and oxygen atoms in total. The molecular weight excluding hydrogens is 388 g/mol. The third kappa shape index (κ3) is 3.18. The normalized spacial score (nSPS) is 27.3. The Labute approximate surface area is 183 Å². The third-order valence-corrected chi connectivity index (χ3v) is 8.18. The van der Waals surface area contributed by atoms with Crippen LogP contribution < -0.4 is 5.32 Å². The van der Waals surface area contributed by atoms with Crippen LogP contribution in [0, 0.1) is 30.1 Å². The van der Waals surface area contributed by atoms with Crippen LogP contribution in [0.15, 0.2) is 53.7 Å². The van der Waals surface area contributed by atoms with Crippen molar-refractivity contribution in [1.29, 1.82) is 0 Å². The molecule has 2 unspecified atom stereocenters. The first-order valence-electron chi connectivity index (χ1n) is 10.8. The van der Waals surface area contributed by atoms with E-state index in [4.69, 9.17) is 4.84 Å². The summed E-state index contributed by atoms with van der Waals surface area (Å²) in [6.07, 6.45) is 2.12. The van der Waals surface area contributed by atoms with Crippen molar-refractivity contribution in [2.45, 2.75) is 53.9 Å². The summed E-state index contributed by atoms with van der Waals surface area (Å²) in [6, 6.07) is 14.8. The lowest BCUT2D eigenvalue weighted by Crippen LogP contribution is -2.43. The Bertz CT molecular complexity index is 1070. The molecule has 0 spiro atoms. The van der Waals surface area contributed by atoms with Crippen molar-refractivity contribution in [3.8, 4) is 0 Å². The molecule has 1 N–H and O–H groups in total. The number of hydrogen-bond acceptors (Lipinski definition) is 4. The minimum Gasteiger partial charge on any atom is -0.326 e. The van der Waals surface area contributed by atoms with Crippen LogP contribution in [0.5, 0.6) is 0 Å². The van der Waals surface area contributed by atoms with Gasteiger partial charge in [-0.1, -0.05) is 50.2 Å². The van der Waals surface area contributed by atoms with E-state index in [0.29, 0.717) is 12.0 Å². The molecule has 31 heavy (non-hydrogen) atoms. The zero-order chi connectivity index (χ0) is 22.4. The van der Waals surface area contributed by atoms with E-state index in [1.807, 2.05) is 31.2 Å². The van der Waals surface area contributed by atoms with E-state index < -0.39 is 11.4 Å². The number of anilines is 1. The SMILES string of the molecule is Cc1ccc(NC(=O)C23CCC(C)(/C(=N\OC(=O)c4ccccc4)C2)C3(C)C)cc1C. The summed E-state index contributed by atoms with van der Waals surface area (Å²) in [4.78, 5) is 31.3. The fourth-order valence-corrected chi connectivity index (χ4v) is 5.32. The maximum atomic E-state index is 13.6. The topological polar surface area (TPSA) is 67.8 Å². The second-order valence-corrected chi connectivity index (χ2v) is 9.75. The highest BCUT2D eigenvalue weighted by molar-refractivity contribution is 6.06. The minimum atomic E-state index is -0.585. The Morgan fingerprint density at radius 3 is 2.35 bits per heavy atom. The molecule has 2 aromatic rings. The van der Waals surface area contributed by atoms with Gasteiger partial charge < -0.3 is 10.2 Å². The van der Waals surface area contributed by atoms with Crippen molar-refractivity contribution in [1.82, 2.24) is 0 Å². The molecule has 4 rings (SSSR count). The Hall–Kier alpha value is -2.95. The number of carbonyl (C=O) groups is 2. The molecule has 2 bridgehead atoms. The molecular formula is C26H30N2O3. The van der Waals surface area contributed by atoms with E-state index in [0.717, 1.165) is 29.8 Å². The van der Waals surface area contributed by atoms with Crippen molar-refractivity contribution >= 4 is 23.3 Å². The number of carbonyl (C=O) groups excluding carboxylic acids is 2. The van der Waals surface area contributed by atoms with E-state index in [2.05, 4.69) is 38.2 Å². The fraction of sp³-hybridized carbons (Fsp3) is 0.423. The van der Waals surface area contributed by atoms with Crippen LogP contribution in [-0.4, -0.2) is 17.6 Å². The second-order valence-electron chi connectivity index (χ2n) is 9.75. The van der Waals surface area contributed by atoms with Crippen LogP contribution in [0.25, 0.3) is 0 Å². The van der Waals surface area contributed by atoms with E-state index >= 15 is 0 Å². The average molecular weight is 419 g/mol. The van der Waals surface area contributed by atoms with Gasteiger partial charge in [0.05, 0.1) is 16.7 Å². The Kier molecular flexibility index (Phi) is 5.03. The average Bonchev–Trinajstić information content (AvgIpc) is 3.06. The maximum absolute atomic E-state index is 13.6. The smallest absolute Gasteiger partial charge is 0.326 e. The van der Waals surface area contributed by atoms with Gasteiger partial charge >= 0.3 is 5.97 Å². The van der Waals surface area contributed by atoms with Crippen molar-refractivity contribution in [3.05, 3.63) is 65.2 Å². The monoisotopic (exact) mass is 418 g/mol. The number of benzene rings is 2. The van der Waals surface area contributed by atoms with Crippen molar-refractivity contribution in [2.75, 3.05) is 5.32 Å². The van der Waals surface area contributed by atoms with Crippen LogP contribution in [0.4, 0.5) is 5.69 Å². The van der Waals surface area contributed by atoms with Crippen LogP contribution in [0.2, 0.25) is 0 Å². The van der Waals surface area contributed by atoms with E-state index in [-0.39, 0.29) is 16.7 Å². The highest BCUT2D eigenvalue weighted by Gasteiger charge is 2.71. The fourth-order valence-electron chi connectivity index (χ4n) is 5.32. The van der Waals surface area contributed by atoms with Crippen LogP contribution in [-0.2, 0) is 9.63 Å². The number of nitrogens with zero attached hydrogens (tertiary/aromatic N) is 1. The summed E-state index contributed by atoms with van der Waals surface area (Å²) in [5.74, 6) is -0.463. The Morgan fingerprint density at radius 2 is 1.68 bits per heavy atom. The van der Waals surface area contributed by atoms with Crippen LogP contribution >= 0.6 is 0 Å². The van der Waals surface area contributed by atoms with Gasteiger partial charge in [-0.2, -0.15) is 0 Å². The highest BCUT2D eigenvalue weighted by atomic mass is 16.7. The molecule has 0 aliphatic heterocycles. The summed E-state index contributed by atoms with van der Waals surface area (Å²) < 4.78 is 0. The van der Waals surface area contributed by atoms with E-state index in [1.54, 1.807) is 24.3 Å². The number of aryl methyl sites for hydroxylation is 2. The Morgan fingerprint density at radius 1 is 0.968 bits per heavy atom.